The Morgan fingerprint density at radius 3 is 2.04 bits per heavy atom. The molecule has 5 nitrogen and oxygen atoms in total. The van der Waals surface area contributed by atoms with E-state index >= 15 is 0 Å². The first kappa shape index (κ1) is 18.3. The highest BCUT2D eigenvalue weighted by Gasteiger charge is 2.45. The number of fused-ring (bicyclic) bond motifs is 2. The molecule has 0 amide bonds. The molecule has 130 valence electrons. The van der Waals surface area contributed by atoms with Crippen molar-refractivity contribution >= 4 is 18.9 Å². The van der Waals surface area contributed by atoms with Gasteiger partial charge in [0.2, 0.25) is 0 Å². The number of nitrogens with one attached hydrogen (secondary N) is 1. The van der Waals surface area contributed by atoms with Crippen LogP contribution < -0.4 is 5.32 Å². The molecule has 0 saturated carbocycles. The minimum absolute atomic E-state index is 0.0806. The summed E-state index contributed by atoms with van der Waals surface area (Å²) >= 11 is 0. The lowest BCUT2D eigenvalue weighted by Gasteiger charge is -2.39. The molecular formula is C17H30BNO4. The summed E-state index contributed by atoms with van der Waals surface area (Å²) in [5.74, 6) is 0.396. The second-order valence-corrected chi connectivity index (χ2v) is 7.22. The molecule has 1 N–H and O–H groups in total. The van der Waals surface area contributed by atoms with Gasteiger partial charge in [-0.05, 0) is 25.6 Å². The summed E-state index contributed by atoms with van der Waals surface area (Å²) in [5, 5.41) is 3.05. The molecule has 2 aliphatic heterocycles. The fourth-order valence-electron chi connectivity index (χ4n) is 4.25. The molecule has 0 unspecified atom stereocenters. The topological polar surface area (TPSA) is 64.6 Å². The molecule has 23 heavy (non-hydrogen) atoms. The number of carbonyl (C=O) groups excluding carboxylic acids is 2. The second-order valence-electron chi connectivity index (χ2n) is 7.22. The smallest absolute Gasteiger partial charge is 0.367 e. The van der Waals surface area contributed by atoms with E-state index in [4.69, 9.17) is 9.39 Å². The third-order valence-electron chi connectivity index (χ3n) is 5.66. The maximum atomic E-state index is 12.7. The average Bonchev–Trinajstić information content (AvgIpc) is 2.46. The zero-order valence-electron chi connectivity index (χ0n) is 14.8. The van der Waals surface area contributed by atoms with Crippen LogP contribution in [0.3, 0.4) is 0 Å². The number of ether oxygens (including phenoxy) is 1. The zero-order chi connectivity index (χ0) is 17.0. The molecule has 2 rings (SSSR count). The first-order valence-corrected chi connectivity index (χ1v) is 8.99. The van der Waals surface area contributed by atoms with Crippen LogP contribution in [0.5, 0.6) is 0 Å². The molecular weight excluding hydrogens is 293 g/mol. The van der Waals surface area contributed by atoms with E-state index in [2.05, 4.69) is 5.32 Å². The quantitative estimate of drug-likeness (QED) is 0.601. The Balaban J connectivity index is 1.97. The monoisotopic (exact) mass is 323 g/mol. The Labute approximate surface area is 140 Å². The maximum absolute atomic E-state index is 12.7. The molecule has 2 fully saturated rings. The number of rotatable bonds is 6. The van der Waals surface area contributed by atoms with E-state index in [0.29, 0.717) is 11.6 Å². The van der Waals surface area contributed by atoms with Gasteiger partial charge in [0.1, 0.15) is 12.1 Å². The van der Waals surface area contributed by atoms with Crippen molar-refractivity contribution < 1.29 is 19.0 Å². The number of carbonyl (C=O) groups is 2. The van der Waals surface area contributed by atoms with E-state index in [1.807, 2.05) is 13.8 Å². The number of esters is 1. The third kappa shape index (κ3) is 4.49. The molecule has 6 heteroatoms. The largest absolute Gasteiger partial charge is 0.535 e. The first-order valence-electron chi connectivity index (χ1n) is 8.99. The van der Waals surface area contributed by atoms with Crippen molar-refractivity contribution in [2.45, 2.75) is 83.1 Å². The number of likely N-dealkylation sites (N-methyl/N-ethyl adjacent to an activating group) is 1. The van der Waals surface area contributed by atoms with Crippen molar-refractivity contribution in [1.82, 2.24) is 5.32 Å². The lowest BCUT2D eigenvalue weighted by atomic mass is 9.38. The van der Waals surface area contributed by atoms with Crippen molar-refractivity contribution in [3.63, 3.8) is 0 Å². The van der Waals surface area contributed by atoms with Crippen LogP contribution in [-0.4, -0.2) is 38.0 Å². The van der Waals surface area contributed by atoms with E-state index in [0.717, 1.165) is 0 Å². The third-order valence-corrected chi connectivity index (χ3v) is 5.66. The highest BCUT2D eigenvalue weighted by atomic mass is 16.5. The van der Waals surface area contributed by atoms with Crippen molar-refractivity contribution in [2.75, 3.05) is 7.05 Å². The standard InChI is InChI=1S/C17H30BNO4/c1-11(12(2)22-13(3)20)16(19-4)17(21)23-18-14-7-5-8-15(18)10-6-9-14/h11-12,14-16,19H,5-10H2,1-4H3/t11-,12-,14?,15?,16-/m0/s1. The summed E-state index contributed by atoms with van der Waals surface area (Å²) < 4.78 is 11.2. The molecule has 2 heterocycles. The fourth-order valence-corrected chi connectivity index (χ4v) is 4.25. The summed E-state index contributed by atoms with van der Waals surface area (Å²) in [7, 11) is 1.75. The molecule has 2 saturated heterocycles. The lowest BCUT2D eigenvalue weighted by Crippen LogP contribution is -2.49. The van der Waals surface area contributed by atoms with Gasteiger partial charge in [0, 0.05) is 12.8 Å². The zero-order valence-corrected chi connectivity index (χ0v) is 14.8. The summed E-state index contributed by atoms with van der Waals surface area (Å²) in [6.45, 7) is 5.20. The van der Waals surface area contributed by atoms with E-state index in [9.17, 15) is 9.59 Å². The molecule has 0 radical (unpaired) electrons. The van der Waals surface area contributed by atoms with Crippen LogP contribution in [0.15, 0.2) is 0 Å². The van der Waals surface area contributed by atoms with Crippen LogP contribution in [-0.2, 0) is 19.0 Å². The minimum atomic E-state index is -0.452. The van der Waals surface area contributed by atoms with Gasteiger partial charge in [-0.3, -0.25) is 9.59 Å². The van der Waals surface area contributed by atoms with Crippen molar-refractivity contribution in [3.8, 4) is 0 Å². The van der Waals surface area contributed by atoms with Crippen LogP contribution in [0.25, 0.3) is 0 Å². The maximum Gasteiger partial charge on any atom is 0.367 e. The molecule has 2 bridgehead atoms. The Morgan fingerprint density at radius 1 is 1.09 bits per heavy atom. The van der Waals surface area contributed by atoms with E-state index in [1.165, 1.54) is 45.4 Å². The van der Waals surface area contributed by atoms with Crippen molar-refractivity contribution in [3.05, 3.63) is 0 Å². The van der Waals surface area contributed by atoms with Crippen molar-refractivity contribution in [2.24, 2.45) is 5.92 Å². The molecule has 0 aromatic rings. The van der Waals surface area contributed by atoms with Gasteiger partial charge < -0.3 is 14.7 Å². The summed E-state index contributed by atoms with van der Waals surface area (Å²) in [4.78, 5) is 23.8. The van der Waals surface area contributed by atoms with Gasteiger partial charge in [0.15, 0.2) is 0 Å². The second kappa shape index (κ2) is 8.18. The highest BCUT2D eigenvalue weighted by molar-refractivity contribution is 6.57. The summed E-state index contributed by atoms with van der Waals surface area (Å²) in [6.07, 6.45) is 6.91. The summed E-state index contributed by atoms with van der Waals surface area (Å²) in [6, 6.07) is -0.452. The van der Waals surface area contributed by atoms with Gasteiger partial charge in [-0.2, -0.15) is 0 Å². The Bertz CT molecular complexity index is 409. The van der Waals surface area contributed by atoms with Gasteiger partial charge in [-0.25, -0.2) is 0 Å². The minimum Gasteiger partial charge on any atom is -0.535 e. The average molecular weight is 323 g/mol. The van der Waals surface area contributed by atoms with Crippen LogP contribution in [0.2, 0.25) is 11.6 Å². The fraction of sp³-hybridized carbons (Fsp3) is 0.882. The van der Waals surface area contributed by atoms with Gasteiger partial charge in [0.25, 0.3) is 0 Å². The van der Waals surface area contributed by atoms with Crippen LogP contribution in [0.1, 0.15) is 59.3 Å². The van der Waals surface area contributed by atoms with Crippen LogP contribution in [0, 0.1) is 5.92 Å². The van der Waals surface area contributed by atoms with E-state index in [-0.39, 0.29) is 30.9 Å². The predicted octanol–water partition coefficient (Wildman–Crippen LogP) is 2.81. The van der Waals surface area contributed by atoms with Crippen molar-refractivity contribution in [1.29, 1.82) is 0 Å². The van der Waals surface area contributed by atoms with Crippen LogP contribution >= 0.6 is 0 Å². The molecule has 3 atom stereocenters. The molecule has 0 aromatic heterocycles. The van der Waals surface area contributed by atoms with Crippen LogP contribution in [0.4, 0.5) is 0 Å². The SMILES string of the molecule is CN[C@H](C(=O)OB1C2CCCC1CCC2)[C@@H](C)[C@H](C)OC(C)=O. The lowest BCUT2D eigenvalue weighted by molar-refractivity contribution is -0.151. The Morgan fingerprint density at radius 2 is 1.61 bits per heavy atom. The number of hydrogen-bond donors (Lipinski definition) is 1. The molecule has 0 aliphatic carbocycles. The van der Waals surface area contributed by atoms with Gasteiger partial charge in [0.05, 0.1) is 0 Å². The number of hydrogen-bond acceptors (Lipinski definition) is 5. The Hall–Kier alpha value is -1.04. The van der Waals surface area contributed by atoms with E-state index in [1.54, 1.807) is 7.05 Å². The highest BCUT2D eigenvalue weighted by Crippen LogP contribution is 2.46. The predicted molar refractivity (Wildman–Crippen MR) is 90.3 cm³/mol. The normalized spacial score (nSPS) is 27.7. The molecule has 0 aromatic carbocycles. The van der Waals surface area contributed by atoms with E-state index < -0.39 is 6.04 Å². The van der Waals surface area contributed by atoms with Gasteiger partial charge >= 0.3 is 18.9 Å². The summed E-state index contributed by atoms with van der Waals surface area (Å²) in [5.41, 5.74) is 0. The first-order chi connectivity index (χ1) is 10.9. The van der Waals surface area contributed by atoms with Gasteiger partial charge in [-0.15, -0.1) is 0 Å². The molecule has 0 spiro atoms. The Kier molecular flexibility index (Phi) is 6.51. The molecule has 2 aliphatic rings. The van der Waals surface area contributed by atoms with Gasteiger partial charge in [-0.1, -0.05) is 45.4 Å².